The number of carbonyl (C=O) groups excluding carboxylic acids is 3. The first-order chi connectivity index (χ1) is 12.5. The molecule has 3 aliphatic carbocycles. The van der Waals surface area contributed by atoms with Crippen molar-refractivity contribution in [2.24, 2.45) is 23.7 Å². The fraction of sp³-hybridized carbons (Fsp3) is 0.389. The molecule has 0 unspecified atom stereocenters. The van der Waals surface area contributed by atoms with Crippen LogP contribution >= 0.6 is 0 Å². The first kappa shape index (κ1) is 16.4. The lowest BCUT2D eigenvalue weighted by atomic mass is 9.63. The molecule has 5 rings (SSSR count). The van der Waals surface area contributed by atoms with Crippen LogP contribution in [0.5, 0.6) is 0 Å². The zero-order chi connectivity index (χ0) is 18.4. The van der Waals surface area contributed by atoms with Gasteiger partial charge in [0.15, 0.2) is 0 Å². The van der Waals surface area contributed by atoms with Crippen molar-refractivity contribution in [2.75, 3.05) is 11.9 Å². The Labute approximate surface area is 149 Å². The van der Waals surface area contributed by atoms with Crippen LogP contribution in [0.2, 0.25) is 0 Å². The zero-order valence-electron chi connectivity index (χ0n) is 13.8. The third kappa shape index (κ3) is 2.58. The molecule has 1 heterocycles. The number of nitrogens with zero attached hydrogens (tertiary/aromatic N) is 2. The summed E-state index contributed by atoms with van der Waals surface area (Å²) in [6.07, 6.45) is 5.87. The van der Waals surface area contributed by atoms with E-state index in [-0.39, 0.29) is 47.7 Å². The van der Waals surface area contributed by atoms with E-state index in [1.54, 1.807) is 0 Å². The van der Waals surface area contributed by atoms with Crippen LogP contribution < -0.4 is 5.32 Å². The fourth-order valence-corrected chi connectivity index (χ4v) is 4.30. The van der Waals surface area contributed by atoms with Crippen LogP contribution in [-0.2, 0) is 14.4 Å². The molecule has 1 aliphatic heterocycles. The second-order valence-electron chi connectivity index (χ2n) is 6.96. The molecule has 0 spiro atoms. The van der Waals surface area contributed by atoms with Gasteiger partial charge in [-0.15, -0.1) is 0 Å². The van der Waals surface area contributed by atoms with Crippen molar-refractivity contribution < 1.29 is 19.3 Å². The van der Waals surface area contributed by atoms with E-state index in [2.05, 4.69) is 5.32 Å². The minimum absolute atomic E-state index is 0.0834. The largest absolute Gasteiger partial charge is 0.325 e. The summed E-state index contributed by atoms with van der Waals surface area (Å²) in [5.74, 6) is -1.53. The fourth-order valence-electron chi connectivity index (χ4n) is 4.30. The molecule has 4 atom stereocenters. The molecule has 0 radical (unpaired) electrons. The van der Waals surface area contributed by atoms with Gasteiger partial charge in [-0.25, -0.2) is 0 Å². The van der Waals surface area contributed by atoms with Crippen LogP contribution in [0.25, 0.3) is 0 Å². The van der Waals surface area contributed by atoms with E-state index >= 15 is 0 Å². The van der Waals surface area contributed by atoms with E-state index in [1.807, 2.05) is 12.2 Å². The number of benzene rings is 1. The van der Waals surface area contributed by atoms with E-state index in [0.29, 0.717) is 5.69 Å². The number of hydrogen-bond acceptors (Lipinski definition) is 5. The average Bonchev–Trinajstić information content (AvgIpc) is 2.90. The van der Waals surface area contributed by atoms with Crippen LogP contribution in [-0.4, -0.2) is 34.1 Å². The van der Waals surface area contributed by atoms with E-state index in [0.717, 1.165) is 17.7 Å². The van der Waals surface area contributed by atoms with Crippen LogP contribution in [0.4, 0.5) is 11.4 Å². The maximum atomic E-state index is 12.7. The summed E-state index contributed by atoms with van der Waals surface area (Å²) in [5.41, 5.74) is 0.291. The summed E-state index contributed by atoms with van der Waals surface area (Å²) >= 11 is 0. The lowest BCUT2D eigenvalue weighted by Crippen LogP contribution is -2.38. The van der Waals surface area contributed by atoms with Crippen molar-refractivity contribution >= 4 is 29.1 Å². The van der Waals surface area contributed by atoms with E-state index in [1.165, 1.54) is 24.3 Å². The smallest absolute Gasteiger partial charge is 0.269 e. The predicted molar refractivity (Wildman–Crippen MR) is 90.8 cm³/mol. The van der Waals surface area contributed by atoms with Gasteiger partial charge in [0, 0.05) is 17.8 Å². The first-order valence-corrected chi connectivity index (χ1v) is 8.53. The topological polar surface area (TPSA) is 110 Å². The SMILES string of the molecule is O=C(CN1C(=O)[C@@H]2[C@H](C1=O)[C@H]1C=C[C@H]2CC1)Nc1ccc([N+](=O)[O-])cc1. The molecule has 1 saturated heterocycles. The molecule has 8 nitrogen and oxygen atoms in total. The number of allylic oxidation sites excluding steroid dienone is 2. The van der Waals surface area contributed by atoms with Crippen LogP contribution in [0.3, 0.4) is 0 Å². The van der Waals surface area contributed by atoms with E-state index < -0.39 is 10.8 Å². The number of amides is 3. The van der Waals surface area contributed by atoms with Gasteiger partial charge in [0.05, 0.1) is 16.8 Å². The van der Waals surface area contributed by atoms with Crippen LogP contribution in [0, 0.1) is 33.8 Å². The van der Waals surface area contributed by atoms with Gasteiger partial charge in [-0.1, -0.05) is 12.2 Å². The van der Waals surface area contributed by atoms with Crippen molar-refractivity contribution in [1.82, 2.24) is 4.90 Å². The lowest BCUT2D eigenvalue weighted by molar-refractivity contribution is -0.384. The molecule has 1 aromatic carbocycles. The van der Waals surface area contributed by atoms with Gasteiger partial charge in [-0.3, -0.25) is 29.4 Å². The Morgan fingerprint density at radius 2 is 1.62 bits per heavy atom. The Kier molecular flexibility index (Phi) is 3.82. The van der Waals surface area contributed by atoms with Gasteiger partial charge < -0.3 is 5.32 Å². The molecule has 8 heteroatoms. The van der Waals surface area contributed by atoms with Crippen molar-refractivity contribution in [1.29, 1.82) is 0 Å². The minimum atomic E-state index is -0.531. The van der Waals surface area contributed by atoms with Crippen molar-refractivity contribution in [3.63, 3.8) is 0 Å². The monoisotopic (exact) mass is 355 g/mol. The molecular formula is C18H17N3O5. The highest BCUT2D eigenvalue weighted by molar-refractivity contribution is 6.09. The molecule has 134 valence electrons. The molecule has 2 fully saturated rings. The molecule has 26 heavy (non-hydrogen) atoms. The minimum Gasteiger partial charge on any atom is -0.325 e. The third-order valence-corrected chi connectivity index (χ3v) is 5.51. The number of fused-ring (bicyclic) bond motifs is 1. The van der Waals surface area contributed by atoms with Crippen molar-refractivity contribution in [2.45, 2.75) is 12.8 Å². The molecule has 3 amide bonds. The van der Waals surface area contributed by atoms with Gasteiger partial charge in [0.25, 0.3) is 5.69 Å². The summed E-state index contributed by atoms with van der Waals surface area (Å²) in [7, 11) is 0. The molecule has 1 aromatic rings. The quantitative estimate of drug-likeness (QED) is 0.383. The van der Waals surface area contributed by atoms with Gasteiger partial charge in [-0.05, 0) is 36.8 Å². The van der Waals surface area contributed by atoms with E-state index in [4.69, 9.17) is 0 Å². The predicted octanol–water partition coefficient (Wildman–Crippen LogP) is 1.73. The Morgan fingerprint density at radius 1 is 1.08 bits per heavy atom. The number of nitro benzene ring substituents is 1. The number of hydrogen-bond donors (Lipinski definition) is 1. The number of rotatable bonds is 4. The number of carbonyl (C=O) groups is 3. The van der Waals surface area contributed by atoms with Crippen molar-refractivity contribution in [3.05, 3.63) is 46.5 Å². The maximum absolute atomic E-state index is 12.7. The number of anilines is 1. The Morgan fingerprint density at radius 3 is 2.08 bits per heavy atom. The van der Waals surface area contributed by atoms with E-state index in [9.17, 15) is 24.5 Å². The third-order valence-electron chi connectivity index (χ3n) is 5.51. The second-order valence-corrected chi connectivity index (χ2v) is 6.96. The maximum Gasteiger partial charge on any atom is 0.269 e. The Balaban J connectivity index is 1.44. The second kappa shape index (κ2) is 6.05. The highest BCUT2D eigenvalue weighted by Gasteiger charge is 2.56. The van der Waals surface area contributed by atoms with Gasteiger partial charge >= 0.3 is 0 Å². The summed E-state index contributed by atoms with van der Waals surface area (Å²) in [6, 6.07) is 5.38. The molecule has 2 bridgehead atoms. The Hall–Kier alpha value is -3.03. The number of nitrogens with one attached hydrogen (secondary N) is 1. The van der Waals surface area contributed by atoms with Gasteiger partial charge in [-0.2, -0.15) is 0 Å². The molecule has 4 aliphatic rings. The summed E-state index contributed by atoms with van der Waals surface area (Å²) in [5, 5.41) is 13.2. The number of nitro groups is 1. The summed E-state index contributed by atoms with van der Waals surface area (Å²) in [4.78, 5) is 48.8. The number of non-ortho nitro benzene ring substituents is 1. The number of likely N-dealkylation sites (tertiary alicyclic amines) is 1. The highest BCUT2D eigenvalue weighted by Crippen LogP contribution is 2.49. The molecule has 1 saturated carbocycles. The molecular weight excluding hydrogens is 338 g/mol. The highest BCUT2D eigenvalue weighted by atomic mass is 16.6. The zero-order valence-corrected chi connectivity index (χ0v) is 13.8. The molecule has 1 N–H and O–H groups in total. The lowest BCUT2D eigenvalue weighted by Gasteiger charge is -2.38. The Bertz CT molecular complexity index is 800. The first-order valence-electron chi connectivity index (χ1n) is 8.53. The summed E-state index contributed by atoms with van der Waals surface area (Å²) in [6.45, 7) is -0.332. The summed E-state index contributed by atoms with van der Waals surface area (Å²) < 4.78 is 0. The number of imide groups is 1. The van der Waals surface area contributed by atoms with Gasteiger partial charge in [0.1, 0.15) is 6.54 Å². The molecule has 0 aromatic heterocycles. The van der Waals surface area contributed by atoms with Crippen molar-refractivity contribution in [3.8, 4) is 0 Å². The normalized spacial score (nSPS) is 29.0. The van der Waals surface area contributed by atoms with Crippen LogP contribution in [0.15, 0.2) is 36.4 Å². The van der Waals surface area contributed by atoms with Gasteiger partial charge in [0.2, 0.25) is 17.7 Å². The average molecular weight is 355 g/mol. The van der Waals surface area contributed by atoms with Crippen LogP contribution in [0.1, 0.15) is 12.8 Å². The standard InChI is InChI=1S/C18H17N3O5/c22-14(19-12-5-7-13(8-6-12)21(25)26)9-20-17(23)15-10-1-2-11(4-3-10)16(15)18(20)24/h1-2,5-8,10-11,15-16H,3-4,9H2,(H,19,22)/t10-,11-,15-,16+/m0/s1.